The van der Waals surface area contributed by atoms with Gasteiger partial charge in [-0.05, 0) is 50.2 Å². The zero-order valence-electron chi connectivity index (χ0n) is 11.0. The van der Waals surface area contributed by atoms with Crippen molar-refractivity contribution in [3.05, 3.63) is 34.9 Å². The van der Waals surface area contributed by atoms with Gasteiger partial charge in [0.15, 0.2) is 0 Å². The van der Waals surface area contributed by atoms with Gasteiger partial charge >= 0.3 is 0 Å². The third-order valence-corrected chi connectivity index (χ3v) is 2.95. The Morgan fingerprint density at radius 2 is 1.67 bits per heavy atom. The summed E-state index contributed by atoms with van der Waals surface area (Å²) in [5, 5.41) is 7.56. The summed E-state index contributed by atoms with van der Waals surface area (Å²) in [6.45, 7) is 4.82. The van der Waals surface area contributed by atoms with E-state index >= 15 is 0 Å². The number of benzene rings is 1. The summed E-state index contributed by atoms with van der Waals surface area (Å²) in [6, 6.07) is 8.04. The Hall–Kier alpha value is -0.610. The fraction of sp³-hybridized carbons (Fsp3) is 0.571. The van der Waals surface area contributed by atoms with Gasteiger partial charge in [0.05, 0.1) is 6.61 Å². The maximum Gasteiger partial charge on any atom is 0.0587 e. The molecular formula is C14H23ClN2O. The van der Waals surface area contributed by atoms with Crippen LogP contribution in [-0.4, -0.2) is 39.9 Å². The van der Waals surface area contributed by atoms with E-state index in [0.29, 0.717) is 0 Å². The molecule has 1 rings (SSSR count). The first kappa shape index (κ1) is 15.4. The van der Waals surface area contributed by atoms with E-state index in [1.54, 1.807) is 7.11 Å². The van der Waals surface area contributed by atoms with Gasteiger partial charge in [-0.15, -0.1) is 0 Å². The summed E-state index contributed by atoms with van der Waals surface area (Å²) in [5.41, 5.74) is 1.32. The van der Waals surface area contributed by atoms with Crippen molar-refractivity contribution in [2.24, 2.45) is 0 Å². The number of ether oxygens (including phenoxy) is 1. The molecule has 0 atom stereocenters. The Balaban J connectivity index is 1.91. The van der Waals surface area contributed by atoms with Gasteiger partial charge in [0.25, 0.3) is 0 Å². The molecule has 0 saturated carbocycles. The van der Waals surface area contributed by atoms with Crippen molar-refractivity contribution in [2.75, 3.05) is 39.9 Å². The second-order valence-electron chi connectivity index (χ2n) is 4.22. The molecule has 0 fully saturated rings. The molecule has 1 aromatic rings. The predicted octanol–water partition coefficient (Wildman–Crippen LogP) is 2.10. The molecule has 0 aromatic heterocycles. The Morgan fingerprint density at radius 1 is 1.00 bits per heavy atom. The first-order valence-electron chi connectivity index (χ1n) is 6.48. The number of halogens is 1. The Labute approximate surface area is 115 Å². The topological polar surface area (TPSA) is 33.3 Å². The van der Waals surface area contributed by atoms with E-state index in [4.69, 9.17) is 16.3 Å². The molecule has 2 N–H and O–H groups in total. The number of nitrogens with one attached hydrogen (secondary N) is 2. The van der Waals surface area contributed by atoms with Crippen molar-refractivity contribution < 1.29 is 4.74 Å². The molecule has 4 heteroatoms. The summed E-state index contributed by atoms with van der Waals surface area (Å²) < 4.78 is 4.96. The van der Waals surface area contributed by atoms with Gasteiger partial charge in [0.1, 0.15) is 0 Å². The lowest BCUT2D eigenvalue weighted by Gasteiger charge is -2.06. The summed E-state index contributed by atoms with van der Waals surface area (Å²) in [6.07, 6.45) is 2.19. The van der Waals surface area contributed by atoms with E-state index in [0.717, 1.165) is 50.7 Å². The number of hydrogen-bond acceptors (Lipinski definition) is 3. The van der Waals surface area contributed by atoms with Crippen LogP contribution in [-0.2, 0) is 11.2 Å². The molecule has 0 aliphatic heterocycles. The Bertz CT molecular complexity index is 303. The minimum absolute atomic E-state index is 0.782. The molecule has 0 unspecified atom stereocenters. The van der Waals surface area contributed by atoms with Gasteiger partial charge < -0.3 is 15.4 Å². The molecule has 0 bridgehead atoms. The molecule has 0 amide bonds. The van der Waals surface area contributed by atoms with Crippen LogP contribution in [0.25, 0.3) is 0 Å². The van der Waals surface area contributed by atoms with Crippen molar-refractivity contribution in [1.29, 1.82) is 0 Å². The second kappa shape index (κ2) is 10.3. The third kappa shape index (κ3) is 7.67. The van der Waals surface area contributed by atoms with Crippen LogP contribution in [0.4, 0.5) is 0 Å². The summed E-state index contributed by atoms with van der Waals surface area (Å²) in [7, 11) is 1.72. The Morgan fingerprint density at radius 3 is 2.33 bits per heavy atom. The normalized spacial score (nSPS) is 10.8. The number of methoxy groups -OCH3 is 1. The standard InChI is InChI=1S/C14H23ClN2O/c1-18-12-11-17-9-2-8-16-10-7-13-3-5-14(15)6-4-13/h3-6,16-17H,2,7-12H2,1H3. The van der Waals surface area contributed by atoms with E-state index in [1.807, 2.05) is 12.1 Å². The quantitative estimate of drug-likeness (QED) is 0.639. The summed E-state index contributed by atoms with van der Waals surface area (Å²) >= 11 is 5.83. The molecule has 0 heterocycles. The zero-order valence-corrected chi connectivity index (χ0v) is 11.8. The predicted molar refractivity (Wildman–Crippen MR) is 77.4 cm³/mol. The van der Waals surface area contributed by atoms with E-state index in [1.165, 1.54) is 5.56 Å². The van der Waals surface area contributed by atoms with Crippen LogP contribution in [0.2, 0.25) is 5.02 Å². The molecular weight excluding hydrogens is 248 g/mol. The highest BCUT2D eigenvalue weighted by Crippen LogP contribution is 2.09. The van der Waals surface area contributed by atoms with Crippen molar-refractivity contribution >= 4 is 11.6 Å². The molecule has 0 spiro atoms. The van der Waals surface area contributed by atoms with E-state index in [-0.39, 0.29) is 0 Å². The minimum atomic E-state index is 0.782. The van der Waals surface area contributed by atoms with Gasteiger partial charge in [-0.25, -0.2) is 0 Å². The molecule has 3 nitrogen and oxygen atoms in total. The van der Waals surface area contributed by atoms with Crippen LogP contribution in [0.3, 0.4) is 0 Å². The van der Waals surface area contributed by atoms with E-state index < -0.39 is 0 Å². The number of hydrogen-bond donors (Lipinski definition) is 2. The molecule has 0 radical (unpaired) electrons. The third-order valence-electron chi connectivity index (χ3n) is 2.69. The van der Waals surface area contributed by atoms with Crippen molar-refractivity contribution in [2.45, 2.75) is 12.8 Å². The highest BCUT2D eigenvalue weighted by molar-refractivity contribution is 6.30. The second-order valence-corrected chi connectivity index (χ2v) is 4.66. The lowest BCUT2D eigenvalue weighted by molar-refractivity contribution is 0.199. The van der Waals surface area contributed by atoms with Gasteiger partial charge in [-0.1, -0.05) is 23.7 Å². The van der Waals surface area contributed by atoms with Gasteiger partial charge in [-0.2, -0.15) is 0 Å². The average molecular weight is 271 g/mol. The fourth-order valence-electron chi connectivity index (χ4n) is 1.65. The van der Waals surface area contributed by atoms with Crippen LogP contribution in [0, 0.1) is 0 Å². The zero-order chi connectivity index (χ0) is 13.1. The largest absolute Gasteiger partial charge is 0.383 e. The highest BCUT2D eigenvalue weighted by Gasteiger charge is 1.93. The van der Waals surface area contributed by atoms with E-state index in [9.17, 15) is 0 Å². The van der Waals surface area contributed by atoms with Gasteiger partial charge in [0, 0.05) is 18.7 Å². The maximum absolute atomic E-state index is 5.83. The lowest BCUT2D eigenvalue weighted by atomic mass is 10.1. The molecule has 18 heavy (non-hydrogen) atoms. The molecule has 1 aromatic carbocycles. The van der Waals surface area contributed by atoms with Gasteiger partial charge in [0.2, 0.25) is 0 Å². The molecule has 0 aliphatic carbocycles. The van der Waals surface area contributed by atoms with Crippen LogP contribution >= 0.6 is 11.6 Å². The van der Waals surface area contributed by atoms with Crippen molar-refractivity contribution in [1.82, 2.24) is 10.6 Å². The SMILES string of the molecule is COCCNCCCNCCc1ccc(Cl)cc1. The first-order chi connectivity index (χ1) is 8.83. The molecule has 0 saturated heterocycles. The number of rotatable bonds is 10. The van der Waals surface area contributed by atoms with Crippen LogP contribution < -0.4 is 10.6 Å². The van der Waals surface area contributed by atoms with Crippen molar-refractivity contribution in [3.8, 4) is 0 Å². The smallest absolute Gasteiger partial charge is 0.0587 e. The van der Waals surface area contributed by atoms with Gasteiger partial charge in [-0.3, -0.25) is 0 Å². The molecule has 102 valence electrons. The monoisotopic (exact) mass is 270 g/mol. The summed E-state index contributed by atoms with van der Waals surface area (Å²) in [4.78, 5) is 0. The summed E-state index contributed by atoms with van der Waals surface area (Å²) in [5.74, 6) is 0. The minimum Gasteiger partial charge on any atom is -0.383 e. The van der Waals surface area contributed by atoms with Crippen LogP contribution in [0.15, 0.2) is 24.3 Å². The van der Waals surface area contributed by atoms with Crippen LogP contribution in [0.5, 0.6) is 0 Å². The maximum atomic E-state index is 5.83. The first-order valence-corrected chi connectivity index (χ1v) is 6.85. The molecule has 0 aliphatic rings. The lowest BCUT2D eigenvalue weighted by Crippen LogP contribution is -2.25. The average Bonchev–Trinajstić information content (AvgIpc) is 2.39. The van der Waals surface area contributed by atoms with Crippen molar-refractivity contribution in [3.63, 3.8) is 0 Å². The van der Waals surface area contributed by atoms with E-state index in [2.05, 4.69) is 22.8 Å². The Kier molecular flexibility index (Phi) is 8.86. The van der Waals surface area contributed by atoms with Crippen LogP contribution in [0.1, 0.15) is 12.0 Å². The highest BCUT2D eigenvalue weighted by atomic mass is 35.5. The fourth-order valence-corrected chi connectivity index (χ4v) is 1.77.